The second-order valence-electron chi connectivity index (χ2n) is 4.91. The number of rotatable bonds is 5. The van der Waals surface area contributed by atoms with Gasteiger partial charge in [0, 0.05) is 11.1 Å². The van der Waals surface area contributed by atoms with Crippen molar-refractivity contribution in [3.63, 3.8) is 0 Å². The van der Waals surface area contributed by atoms with Gasteiger partial charge in [0.2, 0.25) is 5.91 Å². The minimum absolute atomic E-state index is 0.0363. The van der Waals surface area contributed by atoms with Gasteiger partial charge in [-0.15, -0.1) is 11.3 Å². The lowest BCUT2D eigenvalue weighted by atomic mass is 9.85. The summed E-state index contributed by atoms with van der Waals surface area (Å²) in [5.74, 6) is -0.0363. The summed E-state index contributed by atoms with van der Waals surface area (Å²) in [6, 6.07) is 0. The number of hydrogen-bond acceptors (Lipinski definition) is 4. The Bertz CT molecular complexity index is 478. The molecule has 1 aliphatic carbocycles. The van der Waals surface area contributed by atoms with Crippen molar-refractivity contribution in [2.45, 2.75) is 45.6 Å². The fourth-order valence-electron chi connectivity index (χ4n) is 2.48. The van der Waals surface area contributed by atoms with E-state index in [4.69, 9.17) is 18.0 Å². The van der Waals surface area contributed by atoms with Crippen LogP contribution in [-0.4, -0.2) is 15.9 Å². The van der Waals surface area contributed by atoms with Gasteiger partial charge in [0.25, 0.3) is 0 Å². The second-order valence-corrected chi connectivity index (χ2v) is 6.55. The van der Waals surface area contributed by atoms with Crippen LogP contribution in [-0.2, 0) is 17.8 Å². The molecule has 1 amide bonds. The largest absolute Gasteiger partial charge is 0.392 e. The van der Waals surface area contributed by atoms with Crippen molar-refractivity contribution in [2.75, 3.05) is 0 Å². The third-order valence-corrected chi connectivity index (χ3v) is 5.25. The van der Waals surface area contributed by atoms with Crippen molar-refractivity contribution < 1.29 is 4.79 Å². The predicted octanol–water partition coefficient (Wildman–Crippen LogP) is 2.17. The molecule has 0 aromatic carbocycles. The molecule has 2 rings (SSSR count). The molecule has 0 saturated heterocycles. The molecule has 4 nitrogen and oxygen atoms in total. The van der Waals surface area contributed by atoms with Crippen LogP contribution in [0.5, 0.6) is 0 Å². The van der Waals surface area contributed by atoms with Crippen molar-refractivity contribution in [3.05, 3.63) is 16.1 Å². The van der Waals surface area contributed by atoms with E-state index < -0.39 is 5.41 Å². The highest BCUT2D eigenvalue weighted by Gasteiger charge is 2.43. The zero-order valence-electron chi connectivity index (χ0n) is 11.1. The first kappa shape index (κ1) is 14.4. The average Bonchev–Trinajstić information content (AvgIpc) is 3.05. The number of aryl methyl sites for hydroxylation is 1. The van der Waals surface area contributed by atoms with Gasteiger partial charge in [-0.2, -0.15) is 0 Å². The Morgan fingerprint density at radius 3 is 2.79 bits per heavy atom. The third kappa shape index (κ3) is 2.95. The van der Waals surface area contributed by atoms with Gasteiger partial charge in [0.05, 0.1) is 16.9 Å². The van der Waals surface area contributed by atoms with Gasteiger partial charge in [-0.05, 0) is 19.3 Å². The number of nitrogens with zero attached hydrogens (tertiary/aromatic N) is 1. The van der Waals surface area contributed by atoms with Crippen molar-refractivity contribution in [3.8, 4) is 0 Å². The molecule has 1 aromatic heterocycles. The van der Waals surface area contributed by atoms with Crippen LogP contribution in [0.4, 0.5) is 0 Å². The van der Waals surface area contributed by atoms with Gasteiger partial charge in [0.1, 0.15) is 5.01 Å². The van der Waals surface area contributed by atoms with Crippen molar-refractivity contribution in [1.29, 1.82) is 0 Å². The van der Waals surface area contributed by atoms with E-state index >= 15 is 0 Å². The van der Waals surface area contributed by atoms with Crippen LogP contribution >= 0.6 is 23.6 Å². The SMILES string of the molecule is CCc1cnc(CNC(=O)C2(C(N)=S)CCCC2)s1. The molecule has 1 aliphatic rings. The highest BCUT2D eigenvalue weighted by atomic mass is 32.1. The van der Waals surface area contributed by atoms with E-state index in [1.54, 1.807) is 11.3 Å². The smallest absolute Gasteiger partial charge is 0.233 e. The average molecular weight is 297 g/mol. The lowest BCUT2D eigenvalue weighted by Gasteiger charge is -2.25. The summed E-state index contributed by atoms with van der Waals surface area (Å²) < 4.78 is 0. The van der Waals surface area contributed by atoms with Crippen molar-refractivity contribution in [2.24, 2.45) is 11.1 Å². The highest BCUT2D eigenvalue weighted by molar-refractivity contribution is 7.80. The maximum atomic E-state index is 12.4. The van der Waals surface area contributed by atoms with Crippen molar-refractivity contribution in [1.82, 2.24) is 10.3 Å². The first-order valence-electron chi connectivity index (χ1n) is 6.60. The van der Waals surface area contributed by atoms with E-state index in [0.29, 0.717) is 11.5 Å². The maximum absolute atomic E-state index is 12.4. The number of amides is 1. The van der Waals surface area contributed by atoms with E-state index in [0.717, 1.165) is 37.1 Å². The quantitative estimate of drug-likeness (QED) is 0.817. The molecule has 0 bridgehead atoms. The highest BCUT2D eigenvalue weighted by Crippen LogP contribution is 2.38. The summed E-state index contributed by atoms with van der Waals surface area (Å²) >= 11 is 6.74. The van der Waals surface area contributed by atoms with Gasteiger partial charge in [-0.3, -0.25) is 4.79 Å². The Morgan fingerprint density at radius 1 is 1.58 bits per heavy atom. The monoisotopic (exact) mass is 297 g/mol. The summed E-state index contributed by atoms with van der Waals surface area (Å²) in [6.07, 6.45) is 6.41. The topological polar surface area (TPSA) is 68.0 Å². The number of hydrogen-bond donors (Lipinski definition) is 2. The Labute approximate surface area is 122 Å². The number of carbonyl (C=O) groups is 1. The van der Waals surface area contributed by atoms with Crippen LogP contribution in [0.3, 0.4) is 0 Å². The Hall–Kier alpha value is -1.01. The predicted molar refractivity (Wildman–Crippen MR) is 81.0 cm³/mol. The van der Waals surface area contributed by atoms with Crippen LogP contribution in [0.2, 0.25) is 0 Å². The van der Waals surface area contributed by atoms with E-state index in [-0.39, 0.29) is 5.91 Å². The van der Waals surface area contributed by atoms with Gasteiger partial charge in [0.15, 0.2) is 0 Å². The standard InChI is InChI=1S/C13H19N3OS2/c1-2-9-7-15-10(19-9)8-16-12(17)13(11(14)18)5-3-4-6-13/h7H,2-6,8H2,1H3,(H2,14,18)(H,16,17). The lowest BCUT2D eigenvalue weighted by Crippen LogP contribution is -2.46. The first-order chi connectivity index (χ1) is 9.08. The number of carbonyl (C=O) groups excluding carboxylic acids is 1. The van der Waals surface area contributed by atoms with E-state index in [1.807, 2.05) is 6.20 Å². The molecule has 104 valence electrons. The van der Waals surface area contributed by atoms with Crippen LogP contribution < -0.4 is 11.1 Å². The number of nitrogens with one attached hydrogen (secondary N) is 1. The zero-order valence-corrected chi connectivity index (χ0v) is 12.7. The van der Waals surface area contributed by atoms with E-state index in [1.165, 1.54) is 4.88 Å². The molecule has 1 saturated carbocycles. The summed E-state index contributed by atoms with van der Waals surface area (Å²) in [6.45, 7) is 2.56. The fourth-order valence-corrected chi connectivity index (χ4v) is 3.58. The Morgan fingerprint density at radius 2 is 2.26 bits per heavy atom. The van der Waals surface area contributed by atoms with Crippen LogP contribution in [0.1, 0.15) is 42.5 Å². The lowest BCUT2D eigenvalue weighted by molar-refractivity contribution is -0.127. The zero-order chi connectivity index (χ0) is 13.9. The van der Waals surface area contributed by atoms with Gasteiger partial charge in [-0.1, -0.05) is 32.0 Å². The summed E-state index contributed by atoms with van der Waals surface area (Å²) in [7, 11) is 0. The number of aromatic nitrogens is 1. The maximum Gasteiger partial charge on any atom is 0.233 e. The number of thiocarbonyl (C=S) groups is 1. The Kier molecular flexibility index (Phi) is 4.52. The van der Waals surface area contributed by atoms with Gasteiger partial charge in [-0.25, -0.2) is 4.98 Å². The van der Waals surface area contributed by atoms with Crippen LogP contribution in [0, 0.1) is 5.41 Å². The minimum atomic E-state index is -0.625. The number of thiazole rings is 1. The summed E-state index contributed by atoms with van der Waals surface area (Å²) in [5.41, 5.74) is 5.16. The molecule has 1 fully saturated rings. The molecule has 0 unspecified atom stereocenters. The second kappa shape index (κ2) is 5.96. The Balaban J connectivity index is 1.98. The molecule has 19 heavy (non-hydrogen) atoms. The molecule has 0 aliphatic heterocycles. The molecular weight excluding hydrogens is 278 g/mol. The molecule has 1 aromatic rings. The molecule has 0 radical (unpaired) electrons. The van der Waals surface area contributed by atoms with Crippen LogP contribution in [0.25, 0.3) is 0 Å². The molecule has 1 heterocycles. The fraction of sp³-hybridized carbons (Fsp3) is 0.615. The van der Waals surface area contributed by atoms with Crippen molar-refractivity contribution >= 4 is 34.5 Å². The minimum Gasteiger partial charge on any atom is -0.392 e. The van der Waals surface area contributed by atoms with E-state index in [9.17, 15) is 4.79 Å². The number of nitrogens with two attached hydrogens (primary N) is 1. The molecule has 0 atom stereocenters. The van der Waals surface area contributed by atoms with Crippen LogP contribution in [0.15, 0.2) is 6.20 Å². The van der Waals surface area contributed by atoms with Gasteiger partial charge >= 0.3 is 0 Å². The molecule has 0 spiro atoms. The van der Waals surface area contributed by atoms with E-state index in [2.05, 4.69) is 17.2 Å². The summed E-state index contributed by atoms with van der Waals surface area (Å²) in [5, 5.41) is 3.87. The third-order valence-electron chi connectivity index (χ3n) is 3.71. The molecule has 3 N–H and O–H groups in total. The molecular formula is C13H19N3OS2. The van der Waals surface area contributed by atoms with Gasteiger partial charge < -0.3 is 11.1 Å². The molecule has 6 heteroatoms. The summed E-state index contributed by atoms with van der Waals surface area (Å²) in [4.78, 5) is 18.2. The normalized spacial score (nSPS) is 17.3. The first-order valence-corrected chi connectivity index (χ1v) is 7.83.